The number of hydrogen-bond acceptors (Lipinski definition) is 7. The summed E-state index contributed by atoms with van der Waals surface area (Å²) in [6, 6.07) is 13.3. The van der Waals surface area contributed by atoms with E-state index in [1.54, 1.807) is 6.07 Å². The number of methoxy groups -OCH3 is 1. The summed E-state index contributed by atoms with van der Waals surface area (Å²) in [4.78, 5) is 53.9. The second-order valence-corrected chi connectivity index (χ2v) is 9.05. The number of carbonyl (C=O) groups excluding carboxylic acids is 3. The Kier molecular flexibility index (Phi) is 8.06. The van der Waals surface area contributed by atoms with Gasteiger partial charge in [-0.15, -0.1) is 0 Å². The van der Waals surface area contributed by atoms with E-state index in [0.29, 0.717) is 29.0 Å². The molecule has 0 bridgehead atoms. The summed E-state index contributed by atoms with van der Waals surface area (Å²) in [6.45, 7) is 3.97. The van der Waals surface area contributed by atoms with Crippen molar-refractivity contribution in [2.45, 2.75) is 37.2 Å². The van der Waals surface area contributed by atoms with E-state index < -0.39 is 23.2 Å². The molecule has 178 valence electrons. The van der Waals surface area contributed by atoms with E-state index in [1.807, 2.05) is 44.2 Å². The van der Waals surface area contributed by atoms with Crippen LogP contribution in [0.1, 0.15) is 29.8 Å². The molecule has 0 fully saturated rings. The van der Waals surface area contributed by atoms with Gasteiger partial charge in [0.15, 0.2) is 5.16 Å². The number of hydrogen-bond donors (Lipinski definition) is 2. The largest absolute Gasteiger partial charge is 0.465 e. The van der Waals surface area contributed by atoms with Crippen LogP contribution in [-0.4, -0.2) is 39.8 Å². The van der Waals surface area contributed by atoms with E-state index in [-0.39, 0.29) is 17.0 Å². The molecule has 34 heavy (non-hydrogen) atoms. The molecule has 0 saturated carbocycles. The van der Waals surface area contributed by atoms with E-state index in [4.69, 9.17) is 10.5 Å². The highest BCUT2D eigenvalue weighted by Crippen LogP contribution is 2.28. The molecule has 3 amide bonds. The maximum absolute atomic E-state index is 13.4. The van der Waals surface area contributed by atoms with Crippen molar-refractivity contribution in [3.63, 3.8) is 0 Å². The van der Waals surface area contributed by atoms with Crippen LogP contribution in [0.2, 0.25) is 0 Å². The van der Waals surface area contributed by atoms with E-state index in [1.165, 1.54) is 23.8 Å². The lowest BCUT2D eigenvalue weighted by Gasteiger charge is -2.21. The molecule has 3 N–H and O–H groups in total. The van der Waals surface area contributed by atoms with Gasteiger partial charge in [-0.1, -0.05) is 55.9 Å². The Balaban J connectivity index is 2.10. The zero-order chi connectivity index (χ0) is 24.8. The number of carbonyl (C=O) groups is 3. The molecular weight excluding hydrogens is 456 g/mol. The van der Waals surface area contributed by atoms with Crippen LogP contribution in [0.4, 0.5) is 4.79 Å². The number of fused-ring (bicyclic) bond motifs is 1. The van der Waals surface area contributed by atoms with Gasteiger partial charge >= 0.3 is 12.0 Å². The van der Waals surface area contributed by atoms with Crippen LogP contribution in [0.25, 0.3) is 10.9 Å². The number of nitrogens with two attached hydrogens (primary N) is 1. The number of primary amides is 1. The quantitative estimate of drug-likeness (QED) is 0.286. The maximum atomic E-state index is 13.4. The molecule has 0 spiro atoms. The van der Waals surface area contributed by atoms with Gasteiger partial charge in [0.25, 0.3) is 5.56 Å². The minimum atomic E-state index is -0.952. The van der Waals surface area contributed by atoms with Gasteiger partial charge in [-0.25, -0.2) is 14.6 Å². The molecule has 9 nitrogen and oxygen atoms in total. The molecule has 10 heteroatoms. The first-order valence-corrected chi connectivity index (χ1v) is 11.5. The number of esters is 1. The third-order valence-electron chi connectivity index (χ3n) is 5.15. The van der Waals surface area contributed by atoms with Crippen LogP contribution in [0, 0.1) is 5.92 Å². The standard InChI is InChI=1S/C24H26N4O5S/c1-14(2)19(20(29)27-23(25)32)34-24-26-18-13-16(22(31)33-3)9-10-17(18)21(30)28(24)12-11-15-7-5-4-6-8-15/h4-10,13-14,19H,11-12H2,1-3H3,(H3,25,27,29,32). The number of benzene rings is 2. The Labute approximate surface area is 200 Å². The molecular formula is C24H26N4O5S. The van der Waals surface area contributed by atoms with Gasteiger partial charge in [-0.2, -0.15) is 0 Å². The van der Waals surface area contributed by atoms with Crippen molar-refractivity contribution in [3.05, 3.63) is 70.0 Å². The molecule has 0 radical (unpaired) electrons. The summed E-state index contributed by atoms with van der Waals surface area (Å²) in [7, 11) is 1.27. The van der Waals surface area contributed by atoms with Crippen molar-refractivity contribution < 1.29 is 19.1 Å². The third-order valence-corrected chi connectivity index (χ3v) is 6.69. The van der Waals surface area contributed by atoms with Crippen molar-refractivity contribution in [2.75, 3.05) is 7.11 Å². The zero-order valence-electron chi connectivity index (χ0n) is 19.1. The Bertz CT molecular complexity index is 1270. The van der Waals surface area contributed by atoms with Crippen molar-refractivity contribution in [3.8, 4) is 0 Å². The van der Waals surface area contributed by atoms with Crippen LogP contribution in [-0.2, 0) is 22.5 Å². The predicted octanol–water partition coefficient (Wildman–Crippen LogP) is 2.74. The third kappa shape index (κ3) is 5.82. The Hall–Kier alpha value is -3.66. The summed E-state index contributed by atoms with van der Waals surface area (Å²) in [5, 5.41) is 2.02. The smallest absolute Gasteiger partial charge is 0.337 e. The van der Waals surface area contributed by atoms with Crippen molar-refractivity contribution >= 4 is 40.6 Å². The van der Waals surface area contributed by atoms with Gasteiger partial charge in [0, 0.05) is 6.54 Å². The fourth-order valence-electron chi connectivity index (χ4n) is 3.42. The van der Waals surface area contributed by atoms with Gasteiger partial charge in [-0.05, 0) is 36.1 Å². The van der Waals surface area contributed by atoms with Gasteiger partial charge in [0.2, 0.25) is 5.91 Å². The average molecular weight is 483 g/mol. The molecule has 0 aliphatic rings. The molecule has 1 atom stereocenters. The first-order valence-electron chi connectivity index (χ1n) is 10.6. The van der Waals surface area contributed by atoms with E-state index >= 15 is 0 Å². The first-order chi connectivity index (χ1) is 16.2. The monoisotopic (exact) mass is 482 g/mol. The van der Waals surface area contributed by atoms with E-state index in [2.05, 4.69) is 10.3 Å². The van der Waals surface area contributed by atoms with Gasteiger partial charge in [-0.3, -0.25) is 19.5 Å². The number of nitrogens with zero attached hydrogens (tertiary/aromatic N) is 2. The van der Waals surface area contributed by atoms with Crippen molar-refractivity contribution in [1.82, 2.24) is 14.9 Å². The number of ether oxygens (including phenoxy) is 1. The number of urea groups is 1. The highest BCUT2D eigenvalue weighted by atomic mass is 32.2. The number of thioether (sulfide) groups is 1. The lowest BCUT2D eigenvalue weighted by atomic mass is 10.1. The summed E-state index contributed by atoms with van der Waals surface area (Å²) >= 11 is 1.07. The number of aromatic nitrogens is 2. The molecule has 0 aliphatic heterocycles. The Morgan fingerprint density at radius 2 is 1.85 bits per heavy atom. The second kappa shape index (κ2) is 11.0. The van der Waals surface area contributed by atoms with Crippen LogP contribution in [0.5, 0.6) is 0 Å². The zero-order valence-corrected chi connectivity index (χ0v) is 19.9. The van der Waals surface area contributed by atoms with E-state index in [0.717, 1.165) is 17.3 Å². The van der Waals surface area contributed by atoms with Crippen molar-refractivity contribution in [1.29, 1.82) is 0 Å². The number of amides is 3. The molecule has 1 unspecified atom stereocenters. The lowest BCUT2D eigenvalue weighted by Crippen LogP contribution is -2.42. The number of nitrogens with one attached hydrogen (secondary N) is 1. The molecule has 3 rings (SSSR count). The maximum Gasteiger partial charge on any atom is 0.337 e. The van der Waals surface area contributed by atoms with Gasteiger partial charge < -0.3 is 10.5 Å². The molecule has 3 aromatic rings. The van der Waals surface area contributed by atoms with Crippen LogP contribution >= 0.6 is 11.8 Å². The highest BCUT2D eigenvalue weighted by Gasteiger charge is 2.27. The fourth-order valence-corrected chi connectivity index (χ4v) is 4.53. The number of aryl methyl sites for hydroxylation is 1. The highest BCUT2D eigenvalue weighted by molar-refractivity contribution is 8.00. The Morgan fingerprint density at radius 1 is 1.15 bits per heavy atom. The lowest BCUT2D eigenvalue weighted by molar-refractivity contribution is -0.120. The summed E-state index contributed by atoms with van der Waals surface area (Å²) in [6.07, 6.45) is 0.571. The van der Waals surface area contributed by atoms with E-state index in [9.17, 15) is 19.2 Å². The van der Waals surface area contributed by atoms with Crippen LogP contribution in [0.3, 0.4) is 0 Å². The van der Waals surface area contributed by atoms with Gasteiger partial charge in [0.1, 0.15) is 0 Å². The molecule has 1 aromatic heterocycles. The first kappa shape index (κ1) is 25.0. The fraction of sp³-hybridized carbons (Fsp3) is 0.292. The van der Waals surface area contributed by atoms with Gasteiger partial charge in [0.05, 0.1) is 28.8 Å². The molecule has 0 saturated heterocycles. The predicted molar refractivity (Wildman–Crippen MR) is 130 cm³/mol. The average Bonchev–Trinajstić information content (AvgIpc) is 2.81. The summed E-state index contributed by atoms with van der Waals surface area (Å²) < 4.78 is 6.29. The summed E-state index contributed by atoms with van der Waals surface area (Å²) in [5.41, 5.74) is 6.44. The minimum absolute atomic E-state index is 0.194. The van der Waals surface area contributed by atoms with Crippen LogP contribution < -0.4 is 16.6 Å². The normalized spacial score (nSPS) is 11.9. The molecule has 1 heterocycles. The Morgan fingerprint density at radius 3 is 2.47 bits per heavy atom. The van der Waals surface area contributed by atoms with Crippen LogP contribution in [0.15, 0.2) is 58.5 Å². The SMILES string of the molecule is COC(=O)c1ccc2c(=O)n(CCc3ccccc3)c(SC(C(=O)NC(N)=O)C(C)C)nc2c1. The topological polar surface area (TPSA) is 133 Å². The number of rotatable bonds is 8. The molecule has 0 aliphatic carbocycles. The minimum Gasteiger partial charge on any atom is -0.465 e. The summed E-state index contributed by atoms with van der Waals surface area (Å²) in [5.74, 6) is -1.31. The second-order valence-electron chi connectivity index (χ2n) is 7.95. The number of imide groups is 1. The molecule has 2 aromatic carbocycles. The van der Waals surface area contributed by atoms with Crippen molar-refractivity contribution in [2.24, 2.45) is 11.7 Å².